The monoisotopic (exact) mass is 286 g/mol. The van der Waals surface area contributed by atoms with Gasteiger partial charge in [-0.2, -0.15) is 0 Å². The van der Waals surface area contributed by atoms with Gasteiger partial charge in [0.05, 0.1) is 0 Å². The van der Waals surface area contributed by atoms with Gasteiger partial charge in [-0.3, -0.25) is 4.79 Å². The van der Waals surface area contributed by atoms with Crippen molar-refractivity contribution >= 4 is 23.5 Å². The highest BCUT2D eigenvalue weighted by Gasteiger charge is 2.03. The highest BCUT2D eigenvalue weighted by Crippen LogP contribution is 2.23. The van der Waals surface area contributed by atoms with Gasteiger partial charge in [0.25, 0.3) is 0 Å². The Kier molecular flexibility index (Phi) is 4.26. The van der Waals surface area contributed by atoms with Gasteiger partial charge in [-0.25, -0.2) is 0 Å². The van der Waals surface area contributed by atoms with Gasteiger partial charge in [-0.15, -0.1) is 0 Å². The Morgan fingerprint density at radius 1 is 1.10 bits per heavy atom. The Labute approximate surface area is 123 Å². The van der Waals surface area contributed by atoms with Crippen molar-refractivity contribution < 1.29 is 9.90 Å². The molecule has 0 heterocycles. The van der Waals surface area contributed by atoms with Gasteiger partial charge in [0.1, 0.15) is 5.75 Å². The van der Waals surface area contributed by atoms with Crippen LogP contribution in [0.2, 0.25) is 5.02 Å². The molecule has 0 bridgehead atoms. The van der Waals surface area contributed by atoms with E-state index in [2.05, 4.69) is 0 Å². The van der Waals surface area contributed by atoms with E-state index in [0.717, 1.165) is 16.7 Å². The number of aryl methyl sites for hydroxylation is 2. The van der Waals surface area contributed by atoms with Crippen molar-refractivity contribution in [2.75, 3.05) is 0 Å². The van der Waals surface area contributed by atoms with E-state index in [0.29, 0.717) is 16.3 Å². The lowest BCUT2D eigenvalue weighted by molar-refractivity contribution is 0.104. The normalized spacial score (nSPS) is 10.9. The quantitative estimate of drug-likeness (QED) is 0.663. The second-order valence-electron chi connectivity index (χ2n) is 4.71. The first-order valence-corrected chi connectivity index (χ1v) is 6.63. The van der Waals surface area contributed by atoms with Gasteiger partial charge in [-0.1, -0.05) is 17.7 Å². The van der Waals surface area contributed by atoms with Crippen LogP contribution < -0.4 is 0 Å². The van der Waals surface area contributed by atoms with Crippen molar-refractivity contribution in [2.24, 2.45) is 0 Å². The molecule has 0 saturated carbocycles. The van der Waals surface area contributed by atoms with Gasteiger partial charge in [0.15, 0.2) is 5.78 Å². The highest BCUT2D eigenvalue weighted by molar-refractivity contribution is 6.30. The van der Waals surface area contributed by atoms with Crippen LogP contribution in [0.4, 0.5) is 0 Å². The Hall–Kier alpha value is -2.06. The molecule has 0 aromatic heterocycles. The van der Waals surface area contributed by atoms with E-state index in [1.807, 2.05) is 26.0 Å². The maximum Gasteiger partial charge on any atom is 0.185 e. The Balaban J connectivity index is 2.21. The third-order valence-electron chi connectivity index (χ3n) is 3.07. The number of carbonyl (C=O) groups excluding carboxylic acids is 1. The van der Waals surface area contributed by atoms with Crippen LogP contribution >= 0.6 is 11.6 Å². The lowest BCUT2D eigenvalue weighted by atomic mass is 10.0. The average molecular weight is 287 g/mol. The van der Waals surface area contributed by atoms with E-state index in [1.165, 1.54) is 6.08 Å². The molecule has 0 aliphatic carbocycles. The second-order valence-corrected chi connectivity index (χ2v) is 5.14. The topological polar surface area (TPSA) is 37.3 Å². The number of benzene rings is 2. The molecule has 2 nitrogen and oxygen atoms in total. The van der Waals surface area contributed by atoms with Crippen molar-refractivity contribution in [3.05, 3.63) is 69.8 Å². The number of allylic oxidation sites excluding steroid dienone is 1. The van der Waals surface area contributed by atoms with E-state index in [-0.39, 0.29) is 5.78 Å². The number of carbonyl (C=O) groups is 1. The maximum atomic E-state index is 12.0. The zero-order chi connectivity index (χ0) is 14.7. The molecular formula is C17H15ClO2. The van der Waals surface area contributed by atoms with Crippen LogP contribution in [0.1, 0.15) is 27.0 Å². The fraction of sp³-hybridized carbons (Fsp3) is 0.118. The molecule has 102 valence electrons. The van der Waals surface area contributed by atoms with Gasteiger partial charge in [0, 0.05) is 10.6 Å². The SMILES string of the molecule is Cc1cc(/C=C/C(=O)c2ccc(Cl)cc2)cc(C)c1O. The van der Waals surface area contributed by atoms with Gasteiger partial charge >= 0.3 is 0 Å². The summed E-state index contributed by atoms with van der Waals surface area (Å²) in [5.74, 6) is 0.219. The summed E-state index contributed by atoms with van der Waals surface area (Å²) in [7, 11) is 0. The molecule has 20 heavy (non-hydrogen) atoms. The maximum absolute atomic E-state index is 12.0. The Bertz CT molecular complexity index is 647. The van der Waals surface area contributed by atoms with Crippen LogP contribution in [0.15, 0.2) is 42.5 Å². The van der Waals surface area contributed by atoms with Crippen molar-refractivity contribution in [3.8, 4) is 5.75 Å². The molecule has 0 radical (unpaired) electrons. The van der Waals surface area contributed by atoms with Crippen LogP contribution in [0.25, 0.3) is 6.08 Å². The van der Waals surface area contributed by atoms with Gasteiger partial charge in [0.2, 0.25) is 0 Å². The van der Waals surface area contributed by atoms with E-state index in [9.17, 15) is 9.90 Å². The first kappa shape index (κ1) is 14.4. The standard InChI is InChI=1S/C17H15ClO2/c1-11-9-13(10-12(2)17(11)20)3-8-16(19)14-4-6-15(18)7-5-14/h3-10,20H,1-2H3/b8-3+. The van der Waals surface area contributed by atoms with E-state index in [1.54, 1.807) is 30.3 Å². The molecule has 0 spiro atoms. The summed E-state index contributed by atoms with van der Waals surface area (Å²) in [6.07, 6.45) is 3.27. The minimum Gasteiger partial charge on any atom is -0.507 e. The number of rotatable bonds is 3. The Morgan fingerprint density at radius 2 is 1.65 bits per heavy atom. The third-order valence-corrected chi connectivity index (χ3v) is 3.32. The van der Waals surface area contributed by atoms with E-state index in [4.69, 9.17) is 11.6 Å². The first-order chi connectivity index (χ1) is 9.47. The first-order valence-electron chi connectivity index (χ1n) is 6.25. The van der Waals surface area contributed by atoms with Crippen LogP contribution in [0, 0.1) is 13.8 Å². The molecule has 0 fully saturated rings. The number of aromatic hydroxyl groups is 1. The summed E-state index contributed by atoms with van der Waals surface area (Å²) in [5, 5.41) is 10.3. The minimum absolute atomic E-state index is 0.0787. The van der Waals surface area contributed by atoms with Crippen LogP contribution in [-0.2, 0) is 0 Å². The molecule has 2 rings (SSSR count). The predicted molar refractivity (Wildman–Crippen MR) is 82.4 cm³/mol. The van der Waals surface area contributed by atoms with Gasteiger partial charge in [-0.05, 0) is 73.0 Å². The fourth-order valence-electron chi connectivity index (χ4n) is 1.97. The molecular weight excluding hydrogens is 272 g/mol. The van der Waals surface area contributed by atoms with Crippen molar-refractivity contribution in [1.29, 1.82) is 0 Å². The van der Waals surface area contributed by atoms with Gasteiger partial charge < -0.3 is 5.11 Å². The number of hydrogen-bond donors (Lipinski definition) is 1. The van der Waals surface area contributed by atoms with Crippen LogP contribution in [0.3, 0.4) is 0 Å². The molecule has 1 N–H and O–H groups in total. The second kappa shape index (κ2) is 5.93. The minimum atomic E-state index is -0.0787. The van der Waals surface area contributed by atoms with E-state index >= 15 is 0 Å². The van der Waals surface area contributed by atoms with E-state index < -0.39 is 0 Å². The highest BCUT2D eigenvalue weighted by atomic mass is 35.5. The lowest BCUT2D eigenvalue weighted by Crippen LogP contribution is -1.93. The molecule has 0 saturated heterocycles. The Morgan fingerprint density at radius 3 is 2.20 bits per heavy atom. The smallest absolute Gasteiger partial charge is 0.185 e. The molecule has 2 aromatic carbocycles. The number of ketones is 1. The number of phenols is 1. The summed E-state index contributed by atoms with van der Waals surface area (Å²) >= 11 is 5.79. The molecule has 0 atom stereocenters. The van der Waals surface area contributed by atoms with Crippen LogP contribution in [0.5, 0.6) is 5.75 Å². The largest absolute Gasteiger partial charge is 0.507 e. The molecule has 0 aliphatic rings. The molecule has 0 aliphatic heterocycles. The third kappa shape index (κ3) is 3.28. The summed E-state index contributed by atoms with van der Waals surface area (Å²) in [6.45, 7) is 3.67. The van der Waals surface area contributed by atoms with Crippen LogP contribution in [-0.4, -0.2) is 10.9 Å². The zero-order valence-electron chi connectivity index (χ0n) is 11.4. The number of phenolic OH excluding ortho intramolecular Hbond substituents is 1. The summed E-state index contributed by atoms with van der Waals surface area (Å²) in [4.78, 5) is 12.0. The molecule has 0 unspecified atom stereocenters. The van der Waals surface area contributed by atoms with Crippen molar-refractivity contribution in [1.82, 2.24) is 0 Å². The number of hydrogen-bond acceptors (Lipinski definition) is 2. The summed E-state index contributed by atoms with van der Waals surface area (Å²) in [6, 6.07) is 10.5. The summed E-state index contributed by atoms with van der Waals surface area (Å²) in [5.41, 5.74) is 3.07. The zero-order valence-corrected chi connectivity index (χ0v) is 12.1. The molecule has 0 amide bonds. The fourth-order valence-corrected chi connectivity index (χ4v) is 2.09. The average Bonchev–Trinajstić information content (AvgIpc) is 2.42. The number of halogens is 1. The van der Waals surface area contributed by atoms with Crippen molar-refractivity contribution in [2.45, 2.75) is 13.8 Å². The lowest BCUT2D eigenvalue weighted by Gasteiger charge is -2.04. The predicted octanol–water partition coefficient (Wildman–Crippen LogP) is 4.56. The molecule has 2 aromatic rings. The van der Waals surface area contributed by atoms with Crippen molar-refractivity contribution in [3.63, 3.8) is 0 Å². The molecule has 3 heteroatoms. The summed E-state index contributed by atoms with van der Waals surface area (Å²) < 4.78 is 0.